The van der Waals surface area contributed by atoms with E-state index >= 15 is 0 Å². The molecule has 0 N–H and O–H groups in total. The molecule has 0 fully saturated rings. The van der Waals surface area contributed by atoms with Crippen molar-refractivity contribution >= 4 is 11.6 Å². The normalized spacial score (nSPS) is 12.9. The third-order valence-electron chi connectivity index (χ3n) is 2.83. The summed E-state index contributed by atoms with van der Waals surface area (Å²) in [5, 5.41) is 3.25. The molecule has 4 nitrogen and oxygen atoms in total. The maximum absolute atomic E-state index is 13.8. The molecule has 0 aliphatic carbocycles. The van der Waals surface area contributed by atoms with E-state index in [0.29, 0.717) is 10.2 Å². The number of aromatic nitrogens is 3. The highest BCUT2D eigenvalue weighted by Crippen LogP contribution is 2.23. The predicted octanol–water partition coefficient (Wildman–Crippen LogP) is 3.18. The molecular formula is C12H11ClF3N3O. The van der Waals surface area contributed by atoms with Crippen molar-refractivity contribution in [2.24, 2.45) is 0 Å². The highest BCUT2D eigenvalue weighted by Gasteiger charge is 2.20. The van der Waals surface area contributed by atoms with Crippen molar-refractivity contribution in [2.75, 3.05) is 0 Å². The lowest BCUT2D eigenvalue weighted by atomic mass is 10.1. The van der Waals surface area contributed by atoms with Crippen molar-refractivity contribution in [3.63, 3.8) is 0 Å². The van der Waals surface area contributed by atoms with Crippen LogP contribution in [0.3, 0.4) is 0 Å². The molecule has 1 atom stereocenters. The van der Waals surface area contributed by atoms with Gasteiger partial charge >= 0.3 is 12.2 Å². The van der Waals surface area contributed by atoms with Crippen LogP contribution in [0.5, 0.6) is 0 Å². The molecule has 0 aliphatic rings. The van der Waals surface area contributed by atoms with Crippen molar-refractivity contribution in [2.45, 2.75) is 25.8 Å². The zero-order valence-electron chi connectivity index (χ0n) is 10.6. The first-order chi connectivity index (χ1) is 9.32. The molecule has 0 spiro atoms. The van der Waals surface area contributed by atoms with E-state index in [1.807, 2.05) is 0 Å². The van der Waals surface area contributed by atoms with Crippen LogP contribution < -0.4 is 5.69 Å². The number of hydrogen-bond acceptors (Lipinski definition) is 2. The van der Waals surface area contributed by atoms with E-state index in [9.17, 15) is 18.0 Å². The number of benzene rings is 1. The summed E-state index contributed by atoms with van der Waals surface area (Å²) in [4.78, 5) is 11.8. The van der Waals surface area contributed by atoms with Gasteiger partial charge in [-0.15, -0.1) is 16.7 Å². The number of nitrogens with zero attached hydrogens (tertiary/aromatic N) is 3. The lowest BCUT2D eigenvalue weighted by Gasteiger charge is -2.07. The molecule has 1 unspecified atom stereocenters. The van der Waals surface area contributed by atoms with Crippen LogP contribution in [0.15, 0.2) is 23.0 Å². The molecule has 2 rings (SSSR count). The van der Waals surface area contributed by atoms with E-state index in [4.69, 9.17) is 11.6 Å². The lowest BCUT2D eigenvalue weighted by molar-refractivity contribution is 0.0640. The summed E-state index contributed by atoms with van der Waals surface area (Å²) in [7, 11) is 0. The van der Waals surface area contributed by atoms with Crippen LogP contribution in [0.2, 0.25) is 0 Å². The van der Waals surface area contributed by atoms with Gasteiger partial charge < -0.3 is 0 Å². The fourth-order valence-corrected chi connectivity index (χ4v) is 1.93. The van der Waals surface area contributed by atoms with Crippen LogP contribution in [-0.2, 0) is 0 Å². The number of hydrogen-bond donors (Lipinski definition) is 0. The summed E-state index contributed by atoms with van der Waals surface area (Å²) in [6.45, 7) is -0.116. The predicted molar refractivity (Wildman–Crippen MR) is 68.0 cm³/mol. The first-order valence-corrected chi connectivity index (χ1v) is 6.16. The lowest BCUT2D eigenvalue weighted by Crippen LogP contribution is -2.25. The van der Waals surface area contributed by atoms with Crippen molar-refractivity contribution in [3.05, 3.63) is 45.9 Å². The molecule has 1 heterocycles. The Bertz CT molecular complexity index is 694. The molecule has 20 heavy (non-hydrogen) atoms. The molecule has 0 bridgehead atoms. The fourth-order valence-electron chi connectivity index (χ4n) is 1.80. The van der Waals surface area contributed by atoms with Gasteiger partial charge in [-0.1, -0.05) is 6.07 Å². The Morgan fingerprint density at radius 3 is 2.50 bits per heavy atom. The van der Waals surface area contributed by atoms with E-state index in [2.05, 4.69) is 5.10 Å². The Labute approximate surface area is 117 Å². The molecule has 1 aromatic carbocycles. The van der Waals surface area contributed by atoms with Crippen LogP contribution in [0, 0.1) is 12.7 Å². The molecule has 0 amide bonds. The van der Waals surface area contributed by atoms with Crippen LogP contribution in [-0.4, -0.2) is 14.3 Å². The van der Waals surface area contributed by atoms with Crippen LogP contribution in [0.1, 0.15) is 30.2 Å². The summed E-state index contributed by atoms with van der Waals surface area (Å²) < 4.78 is 40.0. The van der Waals surface area contributed by atoms with Gasteiger partial charge in [0.05, 0.1) is 5.38 Å². The first kappa shape index (κ1) is 14.6. The van der Waals surface area contributed by atoms with E-state index < -0.39 is 23.4 Å². The average Bonchev–Trinajstić information content (AvgIpc) is 2.64. The number of alkyl halides is 3. The Morgan fingerprint density at radius 2 is 2.00 bits per heavy atom. The summed E-state index contributed by atoms with van der Waals surface area (Å²) in [5.74, 6) is -0.944. The summed E-state index contributed by atoms with van der Waals surface area (Å²) in [6, 6.07) is 3.89. The SMILES string of the molecule is Cc1nn(-c2cc(C(C)Cl)ccc2F)c(=O)n1C(F)F. The second kappa shape index (κ2) is 5.32. The van der Waals surface area contributed by atoms with Crippen LogP contribution >= 0.6 is 11.6 Å². The molecule has 108 valence electrons. The molecular weight excluding hydrogens is 295 g/mol. The highest BCUT2D eigenvalue weighted by molar-refractivity contribution is 6.20. The molecule has 1 aromatic heterocycles. The number of aryl methyl sites for hydroxylation is 1. The molecule has 0 radical (unpaired) electrons. The molecule has 8 heteroatoms. The second-order valence-electron chi connectivity index (χ2n) is 4.22. The van der Waals surface area contributed by atoms with E-state index in [1.165, 1.54) is 19.1 Å². The van der Waals surface area contributed by atoms with Gasteiger partial charge in [0.25, 0.3) is 0 Å². The van der Waals surface area contributed by atoms with E-state index in [1.54, 1.807) is 6.92 Å². The minimum atomic E-state index is -3.03. The number of halogens is 4. The van der Waals surface area contributed by atoms with Gasteiger partial charge in [-0.05, 0) is 31.5 Å². The minimum Gasteiger partial charge on any atom is -0.245 e. The summed E-state index contributed by atoms with van der Waals surface area (Å²) >= 11 is 5.89. The number of rotatable bonds is 3. The standard InChI is InChI=1S/C12H11ClF3N3O/c1-6(13)8-3-4-9(14)10(5-8)19-12(20)18(11(15)16)7(2)17-19/h3-6,11H,1-2H3. The van der Waals surface area contributed by atoms with Gasteiger partial charge in [-0.3, -0.25) is 0 Å². The highest BCUT2D eigenvalue weighted by atomic mass is 35.5. The molecule has 0 aliphatic heterocycles. The smallest absolute Gasteiger partial charge is 0.245 e. The summed E-state index contributed by atoms with van der Waals surface area (Å²) in [5.41, 5.74) is -0.752. The Morgan fingerprint density at radius 1 is 1.35 bits per heavy atom. The fraction of sp³-hybridized carbons (Fsp3) is 0.333. The minimum absolute atomic E-state index is 0.191. The van der Waals surface area contributed by atoms with Crippen molar-refractivity contribution in [3.8, 4) is 5.69 Å². The summed E-state index contributed by atoms with van der Waals surface area (Å²) in [6.07, 6.45) is 0. The van der Waals surface area contributed by atoms with E-state index in [-0.39, 0.29) is 16.1 Å². The molecule has 2 aromatic rings. The third-order valence-corrected chi connectivity index (χ3v) is 3.09. The molecule has 0 saturated carbocycles. The Kier molecular flexibility index (Phi) is 3.89. The van der Waals surface area contributed by atoms with Crippen LogP contribution in [0.4, 0.5) is 13.2 Å². The van der Waals surface area contributed by atoms with Crippen molar-refractivity contribution in [1.82, 2.24) is 14.3 Å². The maximum atomic E-state index is 13.8. The third kappa shape index (κ3) is 2.45. The Balaban J connectivity index is 2.66. The monoisotopic (exact) mass is 305 g/mol. The second-order valence-corrected chi connectivity index (χ2v) is 4.87. The quantitative estimate of drug-likeness (QED) is 0.817. The zero-order valence-corrected chi connectivity index (χ0v) is 11.4. The van der Waals surface area contributed by atoms with Gasteiger partial charge in [-0.25, -0.2) is 13.8 Å². The zero-order chi connectivity index (χ0) is 15.0. The largest absolute Gasteiger partial charge is 0.355 e. The van der Waals surface area contributed by atoms with Crippen molar-refractivity contribution in [1.29, 1.82) is 0 Å². The topological polar surface area (TPSA) is 39.8 Å². The van der Waals surface area contributed by atoms with Crippen molar-refractivity contribution < 1.29 is 13.2 Å². The van der Waals surface area contributed by atoms with Gasteiger partial charge in [0.15, 0.2) is 0 Å². The van der Waals surface area contributed by atoms with Gasteiger partial charge in [0.1, 0.15) is 17.3 Å². The van der Waals surface area contributed by atoms with E-state index in [0.717, 1.165) is 6.07 Å². The average molecular weight is 306 g/mol. The molecule has 0 saturated heterocycles. The van der Waals surface area contributed by atoms with Gasteiger partial charge in [0.2, 0.25) is 0 Å². The maximum Gasteiger partial charge on any atom is 0.355 e. The first-order valence-electron chi connectivity index (χ1n) is 5.73. The van der Waals surface area contributed by atoms with Gasteiger partial charge in [0, 0.05) is 0 Å². The van der Waals surface area contributed by atoms with Crippen LogP contribution in [0.25, 0.3) is 5.69 Å². The Hall–Kier alpha value is -1.76. The van der Waals surface area contributed by atoms with Gasteiger partial charge in [-0.2, -0.15) is 13.5 Å².